The summed E-state index contributed by atoms with van der Waals surface area (Å²) in [4.78, 5) is 26.3. The van der Waals surface area contributed by atoms with Crippen molar-refractivity contribution in [1.82, 2.24) is 10.3 Å². The van der Waals surface area contributed by atoms with Crippen molar-refractivity contribution in [2.75, 3.05) is 6.54 Å². The number of carbonyl (C=O) groups excluding carboxylic acids is 1. The van der Waals surface area contributed by atoms with Crippen LogP contribution in [0, 0.1) is 5.92 Å². The number of carboxylic acids is 1. The molecule has 0 saturated heterocycles. The van der Waals surface area contributed by atoms with Crippen LogP contribution in [0.4, 0.5) is 0 Å². The highest BCUT2D eigenvalue weighted by atomic mass is 16.4. The van der Waals surface area contributed by atoms with Crippen molar-refractivity contribution in [2.24, 2.45) is 5.92 Å². The molecule has 2 N–H and O–H groups in total. The van der Waals surface area contributed by atoms with Crippen LogP contribution in [-0.4, -0.2) is 28.5 Å². The van der Waals surface area contributed by atoms with Gasteiger partial charge in [0.25, 0.3) is 0 Å². The summed E-state index contributed by atoms with van der Waals surface area (Å²) in [5.74, 6) is -1.72. The van der Waals surface area contributed by atoms with Gasteiger partial charge in [-0.2, -0.15) is 0 Å². The highest BCUT2D eigenvalue weighted by molar-refractivity contribution is 5.82. The lowest BCUT2D eigenvalue weighted by atomic mass is 9.85. The second-order valence-electron chi connectivity index (χ2n) is 5.34. The number of amides is 1. The average Bonchev–Trinajstić information content (AvgIpc) is 2.36. The summed E-state index contributed by atoms with van der Waals surface area (Å²) in [5.41, 5.74) is 0.857. The van der Waals surface area contributed by atoms with Crippen LogP contribution in [0.25, 0.3) is 0 Å². The Bertz CT molecular complexity index is 443. The smallest absolute Gasteiger partial charge is 0.304 e. The lowest BCUT2D eigenvalue weighted by Gasteiger charge is -2.26. The van der Waals surface area contributed by atoms with Crippen LogP contribution in [0.1, 0.15) is 32.8 Å². The molecule has 104 valence electrons. The summed E-state index contributed by atoms with van der Waals surface area (Å²) in [7, 11) is 0. The number of carbonyl (C=O) groups is 2. The molecule has 1 aromatic rings. The van der Waals surface area contributed by atoms with E-state index in [1.807, 2.05) is 26.0 Å². The quantitative estimate of drug-likeness (QED) is 0.817. The van der Waals surface area contributed by atoms with Crippen LogP contribution in [0.5, 0.6) is 0 Å². The maximum Gasteiger partial charge on any atom is 0.304 e. The molecule has 0 fully saturated rings. The maximum absolute atomic E-state index is 11.8. The monoisotopic (exact) mass is 264 g/mol. The minimum absolute atomic E-state index is 0.151. The molecule has 0 spiro atoms. The van der Waals surface area contributed by atoms with E-state index in [0.717, 1.165) is 5.56 Å². The van der Waals surface area contributed by atoms with Crippen molar-refractivity contribution in [3.05, 3.63) is 30.1 Å². The van der Waals surface area contributed by atoms with Gasteiger partial charge in [-0.3, -0.25) is 14.6 Å². The maximum atomic E-state index is 11.8. The first-order chi connectivity index (χ1) is 8.83. The van der Waals surface area contributed by atoms with Crippen molar-refractivity contribution in [1.29, 1.82) is 0 Å². The first kappa shape index (κ1) is 15.1. The summed E-state index contributed by atoms with van der Waals surface area (Å²) in [5, 5.41) is 11.5. The fourth-order valence-electron chi connectivity index (χ4n) is 1.74. The molecule has 0 bridgehead atoms. The second-order valence-corrected chi connectivity index (χ2v) is 5.34. The molecule has 5 heteroatoms. The Labute approximate surface area is 113 Å². The third-order valence-corrected chi connectivity index (χ3v) is 3.09. The highest BCUT2D eigenvalue weighted by Crippen LogP contribution is 2.21. The van der Waals surface area contributed by atoms with E-state index in [9.17, 15) is 9.59 Å². The van der Waals surface area contributed by atoms with E-state index in [0.29, 0.717) is 6.54 Å². The van der Waals surface area contributed by atoms with E-state index >= 15 is 0 Å². The zero-order valence-corrected chi connectivity index (χ0v) is 11.5. The molecule has 1 amide bonds. The second kappa shape index (κ2) is 6.31. The molecule has 19 heavy (non-hydrogen) atoms. The Hall–Kier alpha value is -1.91. The van der Waals surface area contributed by atoms with Gasteiger partial charge in [-0.05, 0) is 17.7 Å². The van der Waals surface area contributed by atoms with Gasteiger partial charge in [-0.15, -0.1) is 0 Å². The topological polar surface area (TPSA) is 79.3 Å². The molecule has 1 aromatic heterocycles. The van der Waals surface area contributed by atoms with E-state index in [2.05, 4.69) is 10.3 Å². The Morgan fingerprint density at radius 1 is 1.37 bits per heavy atom. The first-order valence-corrected chi connectivity index (χ1v) is 6.23. The number of hydrogen-bond acceptors (Lipinski definition) is 3. The normalized spacial score (nSPS) is 12.8. The van der Waals surface area contributed by atoms with Gasteiger partial charge in [-0.25, -0.2) is 0 Å². The number of nitrogens with zero attached hydrogens (tertiary/aromatic N) is 1. The van der Waals surface area contributed by atoms with Gasteiger partial charge in [0, 0.05) is 30.3 Å². The molecule has 0 aromatic carbocycles. The lowest BCUT2D eigenvalue weighted by molar-refractivity contribution is -0.140. The van der Waals surface area contributed by atoms with Crippen molar-refractivity contribution in [3.8, 4) is 0 Å². The molecule has 5 nitrogen and oxygen atoms in total. The Balaban J connectivity index is 2.56. The number of aromatic nitrogens is 1. The molecule has 1 rings (SSSR count). The fraction of sp³-hybridized carbons (Fsp3) is 0.500. The zero-order valence-electron chi connectivity index (χ0n) is 11.5. The van der Waals surface area contributed by atoms with Crippen molar-refractivity contribution < 1.29 is 14.7 Å². The molecule has 0 aliphatic carbocycles. The molecule has 0 aliphatic rings. The molecular weight excluding hydrogens is 244 g/mol. The summed E-state index contributed by atoms with van der Waals surface area (Å²) in [6.07, 6.45) is 3.28. The van der Waals surface area contributed by atoms with E-state index in [1.165, 1.54) is 0 Å². The largest absolute Gasteiger partial charge is 0.481 e. The van der Waals surface area contributed by atoms with Gasteiger partial charge in [0.1, 0.15) is 0 Å². The van der Waals surface area contributed by atoms with Crippen molar-refractivity contribution >= 4 is 11.9 Å². The van der Waals surface area contributed by atoms with E-state index < -0.39 is 11.9 Å². The molecular formula is C14H20N2O3. The minimum Gasteiger partial charge on any atom is -0.481 e. The van der Waals surface area contributed by atoms with Crippen LogP contribution < -0.4 is 5.32 Å². The lowest BCUT2D eigenvalue weighted by Crippen LogP contribution is -2.39. The van der Waals surface area contributed by atoms with Gasteiger partial charge in [0.2, 0.25) is 5.91 Å². The third-order valence-electron chi connectivity index (χ3n) is 3.09. The summed E-state index contributed by atoms with van der Waals surface area (Å²) in [6, 6.07) is 3.82. The highest BCUT2D eigenvalue weighted by Gasteiger charge is 2.23. The average molecular weight is 264 g/mol. The van der Waals surface area contributed by atoms with Crippen molar-refractivity contribution in [2.45, 2.75) is 32.6 Å². The zero-order chi connectivity index (χ0) is 14.5. The van der Waals surface area contributed by atoms with Gasteiger partial charge in [0.15, 0.2) is 0 Å². The van der Waals surface area contributed by atoms with Gasteiger partial charge in [0.05, 0.1) is 6.42 Å². The Morgan fingerprint density at radius 2 is 1.95 bits per heavy atom. The van der Waals surface area contributed by atoms with Gasteiger partial charge in [-0.1, -0.05) is 20.8 Å². The predicted molar refractivity (Wildman–Crippen MR) is 71.7 cm³/mol. The number of carboxylic acid groups (broad SMARTS) is 1. The Morgan fingerprint density at radius 3 is 2.47 bits per heavy atom. The summed E-state index contributed by atoms with van der Waals surface area (Å²) >= 11 is 0. The van der Waals surface area contributed by atoms with Gasteiger partial charge < -0.3 is 10.4 Å². The molecule has 0 radical (unpaired) electrons. The fourth-order valence-corrected chi connectivity index (χ4v) is 1.74. The standard InChI is InChI=1S/C14H20N2O3/c1-10(8-12(17)18)13(19)16-9-14(2,3)11-4-6-15-7-5-11/h4-7,10H,8-9H2,1-3H3,(H,16,19)(H,17,18). The minimum atomic E-state index is -0.962. The van der Waals surface area contributed by atoms with Crippen LogP contribution in [-0.2, 0) is 15.0 Å². The summed E-state index contributed by atoms with van der Waals surface area (Å²) in [6.45, 7) is 6.11. The molecule has 0 aliphatic heterocycles. The van der Waals surface area contributed by atoms with Crippen LogP contribution in [0.15, 0.2) is 24.5 Å². The molecule has 1 heterocycles. The van der Waals surface area contributed by atoms with Crippen molar-refractivity contribution in [3.63, 3.8) is 0 Å². The van der Waals surface area contributed by atoms with E-state index in [1.54, 1.807) is 19.3 Å². The number of rotatable bonds is 6. The Kier molecular flexibility index (Phi) is 5.03. The number of hydrogen-bond donors (Lipinski definition) is 2. The van der Waals surface area contributed by atoms with Gasteiger partial charge >= 0.3 is 5.97 Å². The van der Waals surface area contributed by atoms with E-state index in [4.69, 9.17) is 5.11 Å². The molecule has 1 unspecified atom stereocenters. The third kappa shape index (κ3) is 4.69. The van der Waals surface area contributed by atoms with Crippen LogP contribution >= 0.6 is 0 Å². The number of pyridine rings is 1. The molecule has 1 atom stereocenters. The van der Waals surface area contributed by atoms with E-state index in [-0.39, 0.29) is 17.7 Å². The van der Waals surface area contributed by atoms with Crippen LogP contribution in [0.2, 0.25) is 0 Å². The molecule has 0 saturated carbocycles. The summed E-state index contributed by atoms with van der Waals surface area (Å²) < 4.78 is 0. The van der Waals surface area contributed by atoms with Crippen LogP contribution in [0.3, 0.4) is 0 Å². The number of nitrogens with one attached hydrogen (secondary N) is 1. The SMILES string of the molecule is CC(CC(=O)O)C(=O)NCC(C)(C)c1ccncc1. The first-order valence-electron chi connectivity index (χ1n) is 6.23. The predicted octanol–water partition coefficient (Wildman–Crippen LogP) is 1.59. The number of aliphatic carboxylic acids is 1.